The highest BCUT2D eigenvalue weighted by molar-refractivity contribution is 5.82. The largest absolute Gasteiger partial charge is 0.380 e. The van der Waals surface area contributed by atoms with E-state index in [-0.39, 0.29) is 18.1 Å². The molecule has 1 aliphatic rings. The lowest BCUT2D eigenvalue weighted by molar-refractivity contribution is -0.125. The number of nitrogens with one attached hydrogen (secondary N) is 2. The Morgan fingerprint density at radius 2 is 2.22 bits per heavy atom. The molecule has 1 fully saturated rings. The van der Waals surface area contributed by atoms with E-state index in [0.717, 1.165) is 30.0 Å². The molecule has 0 unspecified atom stereocenters. The number of imidazole rings is 1. The Morgan fingerprint density at radius 3 is 2.91 bits per heavy atom. The number of amides is 1. The number of hydrogen-bond donors (Lipinski definition) is 2. The van der Waals surface area contributed by atoms with E-state index in [1.165, 1.54) is 0 Å². The zero-order valence-electron chi connectivity index (χ0n) is 13.5. The third-order valence-corrected chi connectivity index (χ3v) is 4.29. The van der Waals surface area contributed by atoms with Gasteiger partial charge in [-0.3, -0.25) is 9.69 Å². The van der Waals surface area contributed by atoms with Crippen molar-refractivity contribution < 1.29 is 9.53 Å². The molecule has 1 amide bonds. The average molecular weight is 314 g/mol. The van der Waals surface area contributed by atoms with Crippen molar-refractivity contribution in [1.29, 1.82) is 0 Å². The van der Waals surface area contributed by atoms with Gasteiger partial charge in [0, 0.05) is 13.7 Å². The Kier molecular flexibility index (Phi) is 4.73. The summed E-state index contributed by atoms with van der Waals surface area (Å²) in [6.07, 6.45) is 2.65. The smallest absolute Gasteiger partial charge is 0.237 e. The number of aromatic amines is 1. The van der Waals surface area contributed by atoms with Crippen LogP contribution in [0.5, 0.6) is 0 Å². The summed E-state index contributed by atoms with van der Waals surface area (Å²) in [5.74, 6) is 0.769. The SMILES string of the molecule is CO[C@H]1C[C@@H](C(=O)NCc2ncc(-c3ccccc3)[nH]2)N(C)C1. The van der Waals surface area contributed by atoms with E-state index in [0.29, 0.717) is 6.54 Å². The fourth-order valence-corrected chi connectivity index (χ4v) is 2.94. The van der Waals surface area contributed by atoms with Crippen LogP contribution in [0.1, 0.15) is 12.2 Å². The first-order chi connectivity index (χ1) is 11.2. The molecule has 6 nitrogen and oxygen atoms in total. The van der Waals surface area contributed by atoms with Crippen LogP contribution in [0, 0.1) is 0 Å². The number of likely N-dealkylation sites (N-methyl/N-ethyl adjacent to an activating group) is 1. The Hall–Kier alpha value is -2.18. The van der Waals surface area contributed by atoms with Gasteiger partial charge >= 0.3 is 0 Å². The second-order valence-electron chi connectivity index (χ2n) is 5.88. The number of likely N-dealkylation sites (tertiary alicyclic amines) is 1. The number of carbonyl (C=O) groups is 1. The van der Waals surface area contributed by atoms with Crippen molar-refractivity contribution in [3.63, 3.8) is 0 Å². The monoisotopic (exact) mass is 314 g/mol. The molecule has 2 heterocycles. The summed E-state index contributed by atoms with van der Waals surface area (Å²) in [5, 5.41) is 2.95. The number of ether oxygens (including phenoxy) is 1. The molecule has 0 bridgehead atoms. The Balaban J connectivity index is 1.57. The van der Waals surface area contributed by atoms with E-state index < -0.39 is 0 Å². The molecule has 3 rings (SSSR count). The summed E-state index contributed by atoms with van der Waals surface area (Å²) in [5.41, 5.74) is 2.03. The molecule has 0 radical (unpaired) electrons. The number of H-pyrrole nitrogens is 1. The Labute approximate surface area is 135 Å². The predicted octanol–water partition coefficient (Wildman–Crippen LogP) is 1.41. The number of carbonyl (C=O) groups excluding carboxylic acids is 1. The van der Waals surface area contributed by atoms with Gasteiger partial charge < -0.3 is 15.0 Å². The number of methoxy groups -OCH3 is 1. The lowest BCUT2D eigenvalue weighted by Crippen LogP contribution is -2.41. The first-order valence-corrected chi connectivity index (χ1v) is 7.77. The minimum absolute atomic E-state index is 0.0183. The standard InChI is InChI=1S/C17H22N4O2/c1-21-11-13(23-2)8-15(21)17(22)19-10-16-18-9-14(20-16)12-6-4-3-5-7-12/h3-7,9,13,15H,8,10-11H2,1-2H3,(H,18,20)(H,19,22)/t13-,15-/m0/s1. The summed E-state index contributed by atoms with van der Waals surface area (Å²) in [4.78, 5) is 21.9. The molecule has 2 aromatic rings. The summed E-state index contributed by atoms with van der Waals surface area (Å²) in [6, 6.07) is 9.86. The maximum atomic E-state index is 12.3. The first-order valence-electron chi connectivity index (χ1n) is 7.77. The van der Waals surface area contributed by atoms with Gasteiger partial charge in [0.1, 0.15) is 5.82 Å². The van der Waals surface area contributed by atoms with Crippen molar-refractivity contribution in [2.45, 2.75) is 25.1 Å². The molecule has 0 saturated carbocycles. The third kappa shape index (κ3) is 3.60. The van der Waals surface area contributed by atoms with Gasteiger partial charge in [0.25, 0.3) is 0 Å². The maximum absolute atomic E-state index is 12.3. The van der Waals surface area contributed by atoms with Crippen LogP contribution in [0.4, 0.5) is 0 Å². The third-order valence-electron chi connectivity index (χ3n) is 4.29. The normalized spacial score (nSPS) is 21.5. The van der Waals surface area contributed by atoms with Gasteiger partial charge in [-0.1, -0.05) is 30.3 Å². The summed E-state index contributed by atoms with van der Waals surface area (Å²) >= 11 is 0. The van der Waals surface area contributed by atoms with E-state index in [1.54, 1.807) is 13.3 Å². The number of aromatic nitrogens is 2. The van der Waals surface area contributed by atoms with Crippen molar-refractivity contribution in [2.75, 3.05) is 20.7 Å². The van der Waals surface area contributed by atoms with Crippen molar-refractivity contribution in [3.05, 3.63) is 42.4 Å². The number of nitrogens with zero attached hydrogens (tertiary/aromatic N) is 2. The van der Waals surface area contributed by atoms with Crippen LogP contribution in [-0.4, -0.2) is 53.6 Å². The predicted molar refractivity (Wildman–Crippen MR) is 87.7 cm³/mol. The molecule has 1 saturated heterocycles. The first kappa shape index (κ1) is 15.7. The van der Waals surface area contributed by atoms with Gasteiger partial charge in [0.05, 0.1) is 30.6 Å². The van der Waals surface area contributed by atoms with Crippen LogP contribution < -0.4 is 5.32 Å². The molecular weight excluding hydrogens is 292 g/mol. The number of benzene rings is 1. The van der Waals surface area contributed by atoms with Gasteiger partial charge in [-0.2, -0.15) is 0 Å². The van der Waals surface area contributed by atoms with E-state index in [1.807, 2.05) is 42.3 Å². The van der Waals surface area contributed by atoms with Crippen LogP contribution in [0.2, 0.25) is 0 Å². The molecule has 0 spiro atoms. The van der Waals surface area contributed by atoms with Gasteiger partial charge in [-0.15, -0.1) is 0 Å². The fraction of sp³-hybridized carbons (Fsp3) is 0.412. The van der Waals surface area contributed by atoms with Crippen molar-refractivity contribution >= 4 is 5.91 Å². The van der Waals surface area contributed by atoms with Gasteiger partial charge in [-0.05, 0) is 19.0 Å². The van der Waals surface area contributed by atoms with Crippen LogP contribution in [0.3, 0.4) is 0 Å². The second kappa shape index (κ2) is 6.93. The lowest BCUT2D eigenvalue weighted by atomic mass is 10.2. The van der Waals surface area contributed by atoms with Crippen LogP contribution in [0.15, 0.2) is 36.5 Å². The van der Waals surface area contributed by atoms with Crippen molar-refractivity contribution in [1.82, 2.24) is 20.2 Å². The molecule has 23 heavy (non-hydrogen) atoms. The number of hydrogen-bond acceptors (Lipinski definition) is 4. The zero-order chi connectivity index (χ0) is 16.2. The van der Waals surface area contributed by atoms with E-state index in [4.69, 9.17) is 4.74 Å². The summed E-state index contributed by atoms with van der Waals surface area (Å²) in [7, 11) is 3.64. The van der Waals surface area contributed by atoms with Crippen LogP contribution in [0.25, 0.3) is 11.3 Å². The highest BCUT2D eigenvalue weighted by Gasteiger charge is 2.34. The molecule has 1 aliphatic heterocycles. The van der Waals surface area contributed by atoms with E-state index in [9.17, 15) is 4.79 Å². The van der Waals surface area contributed by atoms with Crippen LogP contribution in [-0.2, 0) is 16.1 Å². The Bertz CT molecular complexity index is 656. The topological polar surface area (TPSA) is 70.2 Å². The molecule has 0 aliphatic carbocycles. The second-order valence-corrected chi connectivity index (χ2v) is 5.88. The zero-order valence-corrected chi connectivity index (χ0v) is 13.5. The van der Waals surface area contributed by atoms with Crippen molar-refractivity contribution in [3.8, 4) is 11.3 Å². The maximum Gasteiger partial charge on any atom is 0.237 e. The molecule has 6 heteroatoms. The van der Waals surface area contributed by atoms with Crippen LogP contribution >= 0.6 is 0 Å². The quantitative estimate of drug-likeness (QED) is 0.875. The molecular formula is C17H22N4O2. The van der Waals surface area contributed by atoms with Gasteiger partial charge in [0.15, 0.2) is 0 Å². The highest BCUT2D eigenvalue weighted by Crippen LogP contribution is 2.18. The minimum Gasteiger partial charge on any atom is -0.380 e. The summed E-state index contributed by atoms with van der Waals surface area (Å²) in [6.45, 7) is 1.18. The summed E-state index contributed by atoms with van der Waals surface area (Å²) < 4.78 is 5.34. The molecule has 1 aromatic heterocycles. The molecule has 2 atom stereocenters. The van der Waals surface area contributed by atoms with Gasteiger partial charge in [-0.25, -0.2) is 4.98 Å². The van der Waals surface area contributed by atoms with Crippen molar-refractivity contribution in [2.24, 2.45) is 0 Å². The molecule has 122 valence electrons. The molecule has 1 aromatic carbocycles. The molecule has 2 N–H and O–H groups in total. The highest BCUT2D eigenvalue weighted by atomic mass is 16.5. The van der Waals surface area contributed by atoms with E-state index >= 15 is 0 Å². The fourth-order valence-electron chi connectivity index (χ4n) is 2.94. The average Bonchev–Trinajstić information content (AvgIpc) is 3.20. The minimum atomic E-state index is -0.136. The van der Waals surface area contributed by atoms with Gasteiger partial charge in [0.2, 0.25) is 5.91 Å². The lowest BCUT2D eigenvalue weighted by Gasteiger charge is -2.17. The number of rotatable bonds is 5. The Morgan fingerprint density at radius 1 is 1.43 bits per heavy atom. The van der Waals surface area contributed by atoms with E-state index in [2.05, 4.69) is 15.3 Å².